The van der Waals surface area contributed by atoms with Gasteiger partial charge in [-0.05, 0) is 55.5 Å². The fraction of sp³-hybridized carbons (Fsp3) is 0.450. The molecule has 2 heterocycles. The van der Waals surface area contributed by atoms with Gasteiger partial charge in [-0.25, -0.2) is 0 Å². The van der Waals surface area contributed by atoms with Crippen LogP contribution in [0.25, 0.3) is 0 Å². The second-order valence-electron chi connectivity index (χ2n) is 6.59. The number of methoxy groups -OCH3 is 2. The van der Waals surface area contributed by atoms with Crippen molar-refractivity contribution in [2.75, 3.05) is 27.3 Å². The SMILES string of the molecule is COc1ccc(OC)c([C@@H](C)NC(=O)CN2CCc3sccc3[C@@H]2C)c1. The summed E-state index contributed by atoms with van der Waals surface area (Å²) in [5.74, 6) is 1.51. The molecule has 5 nitrogen and oxygen atoms in total. The summed E-state index contributed by atoms with van der Waals surface area (Å²) in [6, 6.07) is 7.91. The molecule has 2 aromatic rings. The molecule has 1 aliphatic heterocycles. The van der Waals surface area contributed by atoms with Gasteiger partial charge >= 0.3 is 0 Å². The zero-order chi connectivity index (χ0) is 18.7. The molecular formula is C20H26N2O3S. The number of nitrogens with zero attached hydrogens (tertiary/aromatic N) is 1. The molecular weight excluding hydrogens is 348 g/mol. The molecule has 1 aromatic heterocycles. The zero-order valence-corrected chi connectivity index (χ0v) is 16.6. The Kier molecular flexibility index (Phi) is 5.84. The van der Waals surface area contributed by atoms with Crippen molar-refractivity contribution in [3.8, 4) is 11.5 Å². The fourth-order valence-electron chi connectivity index (χ4n) is 3.50. The average Bonchev–Trinajstić information content (AvgIpc) is 3.13. The van der Waals surface area contributed by atoms with E-state index in [-0.39, 0.29) is 18.0 Å². The highest BCUT2D eigenvalue weighted by molar-refractivity contribution is 7.10. The third kappa shape index (κ3) is 3.86. The van der Waals surface area contributed by atoms with E-state index in [0.29, 0.717) is 6.54 Å². The van der Waals surface area contributed by atoms with Crippen LogP contribution in [0.3, 0.4) is 0 Å². The Morgan fingerprint density at radius 1 is 1.35 bits per heavy atom. The molecule has 6 heteroatoms. The highest BCUT2D eigenvalue weighted by Gasteiger charge is 2.26. The number of thiophene rings is 1. The Hall–Kier alpha value is -2.05. The van der Waals surface area contributed by atoms with Crippen LogP contribution in [-0.2, 0) is 11.2 Å². The van der Waals surface area contributed by atoms with Crippen molar-refractivity contribution in [2.24, 2.45) is 0 Å². The van der Waals surface area contributed by atoms with Crippen LogP contribution >= 0.6 is 11.3 Å². The van der Waals surface area contributed by atoms with Crippen LogP contribution in [0.1, 0.15) is 41.9 Å². The molecule has 0 saturated heterocycles. The minimum Gasteiger partial charge on any atom is -0.497 e. The number of hydrogen-bond acceptors (Lipinski definition) is 5. The van der Waals surface area contributed by atoms with E-state index in [1.54, 1.807) is 14.2 Å². The number of ether oxygens (including phenoxy) is 2. The van der Waals surface area contributed by atoms with Crippen molar-refractivity contribution in [3.63, 3.8) is 0 Å². The predicted molar refractivity (Wildman–Crippen MR) is 104 cm³/mol. The molecule has 1 amide bonds. The summed E-state index contributed by atoms with van der Waals surface area (Å²) in [6.07, 6.45) is 1.02. The van der Waals surface area contributed by atoms with E-state index in [1.807, 2.05) is 36.5 Å². The number of carbonyl (C=O) groups excluding carboxylic acids is 1. The van der Waals surface area contributed by atoms with Crippen molar-refractivity contribution in [2.45, 2.75) is 32.4 Å². The summed E-state index contributed by atoms with van der Waals surface area (Å²) < 4.78 is 10.7. The van der Waals surface area contributed by atoms with Crippen LogP contribution in [0.5, 0.6) is 11.5 Å². The summed E-state index contributed by atoms with van der Waals surface area (Å²) >= 11 is 1.81. The second kappa shape index (κ2) is 8.10. The molecule has 0 saturated carbocycles. The summed E-state index contributed by atoms with van der Waals surface area (Å²) in [5, 5.41) is 5.24. The van der Waals surface area contributed by atoms with Crippen molar-refractivity contribution in [1.29, 1.82) is 0 Å². The first-order chi connectivity index (χ1) is 12.5. The maximum absolute atomic E-state index is 12.6. The summed E-state index contributed by atoms with van der Waals surface area (Å²) in [5.41, 5.74) is 2.27. The van der Waals surface area contributed by atoms with Crippen LogP contribution in [0, 0.1) is 0 Å². The molecule has 26 heavy (non-hydrogen) atoms. The van der Waals surface area contributed by atoms with Crippen LogP contribution in [-0.4, -0.2) is 38.1 Å². The van der Waals surface area contributed by atoms with E-state index in [4.69, 9.17) is 9.47 Å². The minimum absolute atomic E-state index is 0.0212. The van der Waals surface area contributed by atoms with Gasteiger partial charge in [-0.2, -0.15) is 0 Å². The number of hydrogen-bond donors (Lipinski definition) is 1. The molecule has 0 radical (unpaired) electrons. The van der Waals surface area contributed by atoms with Gasteiger partial charge in [-0.3, -0.25) is 9.69 Å². The molecule has 1 N–H and O–H groups in total. The maximum Gasteiger partial charge on any atom is 0.234 e. The lowest BCUT2D eigenvalue weighted by molar-refractivity contribution is -0.123. The van der Waals surface area contributed by atoms with E-state index in [2.05, 4.69) is 28.6 Å². The molecule has 0 spiro atoms. The summed E-state index contributed by atoms with van der Waals surface area (Å²) in [7, 11) is 3.26. The average molecular weight is 375 g/mol. The van der Waals surface area contributed by atoms with Crippen LogP contribution < -0.4 is 14.8 Å². The lowest BCUT2D eigenvalue weighted by Gasteiger charge is -2.33. The number of nitrogens with one attached hydrogen (secondary N) is 1. The van der Waals surface area contributed by atoms with E-state index in [1.165, 1.54) is 10.4 Å². The first-order valence-electron chi connectivity index (χ1n) is 8.85. The third-order valence-corrected chi connectivity index (χ3v) is 6.03. The van der Waals surface area contributed by atoms with Gasteiger partial charge in [0, 0.05) is 23.0 Å². The number of rotatable bonds is 6. The van der Waals surface area contributed by atoms with Gasteiger partial charge in [0.25, 0.3) is 0 Å². The highest BCUT2D eigenvalue weighted by Crippen LogP contribution is 2.33. The van der Waals surface area contributed by atoms with Crippen molar-refractivity contribution in [1.82, 2.24) is 10.2 Å². The van der Waals surface area contributed by atoms with Crippen LogP contribution in [0.15, 0.2) is 29.6 Å². The number of carbonyl (C=O) groups is 1. The van der Waals surface area contributed by atoms with Gasteiger partial charge in [-0.1, -0.05) is 0 Å². The number of fused-ring (bicyclic) bond motifs is 1. The Morgan fingerprint density at radius 2 is 2.15 bits per heavy atom. The third-order valence-electron chi connectivity index (χ3n) is 5.03. The Bertz CT molecular complexity index is 774. The quantitative estimate of drug-likeness (QED) is 0.840. The van der Waals surface area contributed by atoms with Crippen LogP contribution in [0.4, 0.5) is 0 Å². The fourth-order valence-corrected chi connectivity index (χ4v) is 4.47. The topological polar surface area (TPSA) is 50.8 Å². The minimum atomic E-state index is -0.163. The second-order valence-corrected chi connectivity index (χ2v) is 7.59. The van der Waals surface area contributed by atoms with E-state index >= 15 is 0 Å². The molecule has 3 rings (SSSR count). The highest BCUT2D eigenvalue weighted by atomic mass is 32.1. The van der Waals surface area contributed by atoms with E-state index < -0.39 is 0 Å². The normalized spacial score (nSPS) is 18.1. The first kappa shape index (κ1) is 18.7. The van der Waals surface area contributed by atoms with Crippen LogP contribution in [0.2, 0.25) is 0 Å². The molecule has 140 valence electrons. The standard InChI is InChI=1S/C20H26N2O3S/c1-13(17-11-15(24-3)5-6-18(17)25-4)21-20(23)12-22-9-7-19-16(14(22)2)8-10-26-19/h5-6,8,10-11,13-14H,7,9,12H2,1-4H3,(H,21,23)/t13-,14+/m1/s1. The molecule has 0 unspecified atom stereocenters. The van der Waals surface area contributed by atoms with E-state index in [9.17, 15) is 4.79 Å². The van der Waals surface area contributed by atoms with Gasteiger partial charge in [0.15, 0.2) is 0 Å². The molecule has 0 aliphatic carbocycles. The Balaban J connectivity index is 1.65. The molecule has 1 aliphatic rings. The summed E-state index contributed by atoms with van der Waals surface area (Å²) in [6.45, 7) is 5.45. The van der Waals surface area contributed by atoms with Crippen molar-refractivity contribution < 1.29 is 14.3 Å². The number of benzene rings is 1. The van der Waals surface area contributed by atoms with Gasteiger partial charge < -0.3 is 14.8 Å². The lowest BCUT2D eigenvalue weighted by Crippen LogP contribution is -2.42. The first-order valence-corrected chi connectivity index (χ1v) is 9.73. The zero-order valence-electron chi connectivity index (χ0n) is 15.7. The largest absolute Gasteiger partial charge is 0.497 e. The van der Waals surface area contributed by atoms with E-state index in [0.717, 1.165) is 30.0 Å². The molecule has 0 bridgehead atoms. The molecule has 2 atom stereocenters. The van der Waals surface area contributed by atoms with Gasteiger partial charge in [0.05, 0.1) is 26.8 Å². The lowest BCUT2D eigenvalue weighted by atomic mass is 10.0. The Labute approximate surface area is 158 Å². The van der Waals surface area contributed by atoms with Crippen molar-refractivity contribution >= 4 is 17.2 Å². The predicted octanol–water partition coefficient (Wildman–Crippen LogP) is 3.56. The van der Waals surface area contributed by atoms with Gasteiger partial charge in [0.1, 0.15) is 11.5 Å². The van der Waals surface area contributed by atoms with Crippen molar-refractivity contribution in [3.05, 3.63) is 45.6 Å². The Morgan fingerprint density at radius 3 is 2.88 bits per heavy atom. The van der Waals surface area contributed by atoms with Gasteiger partial charge in [0.2, 0.25) is 5.91 Å². The molecule has 1 aromatic carbocycles. The maximum atomic E-state index is 12.6. The van der Waals surface area contributed by atoms with Gasteiger partial charge in [-0.15, -0.1) is 11.3 Å². The summed E-state index contributed by atoms with van der Waals surface area (Å²) in [4.78, 5) is 16.3. The smallest absolute Gasteiger partial charge is 0.234 e. The monoisotopic (exact) mass is 374 g/mol. The number of amides is 1. The molecule has 0 fully saturated rings.